The number of hydrogen-bond acceptors (Lipinski definition) is 5. The molecule has 3 aliphatic rings. The summed E-state index contributed by atoms with van der Waals surface area (Å²) in [6.45, 7) is 6.56. The highest BCUT2D eigenvalue weighted by Crippen LogP contribution is 2.23. The van der Waals surface area contributed by atoms with Gasteiger partial charge < -0.3 is 25.4 Å². The van der Waals surface area contributed by atoms with E-state index in [0.29, 0.717) is 31.2 Å². The molecule has 158 valence electrons. The van der Waals surface area contributed by atoms with Crippen LogP contribution in [0, 0.1) is 5.92 Å². The first-order chi connectivity index (χ1) is 14.2. The fourth-order valence-electron chi connectivity index (χ4n) is 4.20. The summed E-state index contributed by atoms with van der Waals surface area (Å²) in [5.74, 6) is 0.422. The molecule has 3 heterocycles. The van der Waals surface area contributed by atoms with Crippen molar-refractivity contribution in [2.24, 2.45) is 5.92 Å². The summed E-state index contributed by atoms with van der Waals surface area (Å²) in [7, 11) is 0. The first kappa shape index (κ1) is 19.9. The van der Waals surface area contributed by atoms with Gasteiger partial charge in [-0.2, -0.15) is 0 Å². The van der Waals surface area contributed by atoms with Crippen molar-refractivity contribution in [1.29, 1.82) is 0 Å². The van der Waals surface area contributed by atoms with E-state index < -0.39 is 0 Å². The van der Waals surface area contributed by atoms with E-state index in [2.05, 4.69) is 20.9 Å². The van der Waals surface area contributed by atoms with Crippen molar-refractivity contribution in [2.75, 3.05) is 69.4 Å². The third-order valence-electron chi connectivity index (χ3n) is 5.77. The lowest BCUT2D eigenvalue weighted by molar-refractivity contribution is 0.00222. The molecule has 0 radical (unpaired) electrons. The molecule has 3 saturated heterocycles. The molecule has 3 fully saturated rings. The Morgan fingerprint density at radius 3 is 2.79 bits per heavy atom. The monoisotopic (exact) mass is 403 g/mol. The standard InChI is InChI=1S/C20H29N5O4/c26-19(23-16-2-1-3-17(12-16)25-6-5-21-20(25)27)22-13-18(15-4-9-29-14-15)24-7-10-28-11-8-24/h1-3,12,15,18H,4-11,13-14H2,(H,21,27)(H2,22,23,26)/t15-,18-/m1/s1. The second-order valence-electron chi connectivity index (χ2n) is 7.61. The van der Waals surface area contributed by atoms with Gasteiger partial charge in [-0.1, -0.05) is 6.07 Å². The molecular formula is C20H29N5O4. The Labute approximate surface area is 170 Å². The number of urea groups is 2. The van der Waals surface area contributed by atoms with Gasteiger partial charge in [0.25, 0.3) is 0 Å². The lowest BCUT2D eigenvalue weighted by Crippen LogP contribution is -2.52. The zero-order chi connectivity index (χ0) is 20.1. The van der Waals surface area contributed by atoms with Crippen LogP contribution < -0.4 is 20.9 Å². The van der Waals surface area contributed by atoms with E-state index in [4.69, 9.17) is 9.47 Å². The van der Waals surface area contributed by atoms with Crippen molar-refractivity contribution in [3.63, 3.8) is 0 Å². The molecule has 0 spiro atoms. The Kier molecular flexibility index (Phi) is 6.48. The van der Waals surface area contributed by atoms with Crippen molar-refractivity contribution in [3.05, 3.63) is 24.3 Å². The molecule has 29 heavy (non-hydrogen) atoms. The van der Waals surface area contributed by atoms with Crippen LogP contribution in [0.15, 0.2) is 24.3 Å². The number of nitrogens with one attached hydrogen (secondary N) is 3. The number of hydrogen-bond donors (Lipinski definition) is 3. The summed E-state index contributed by atoms with van der Waals surface area (Å²) in [6, 6.07) is 7.22. The fourth-order valence-corrected chi connectivity index (χ4v) is 4.20. The average molecular weight is 403 g/mol. The van der Waals surface area contributed by atoms with Crippen LogP contribution in [0.4, 0.5) is 21.0 Å². The molecule has 3 N–H and O–H groups in total. The lowest BCUT2D eigenvalue weighted by atomic mass is 9.97. The predicted octanol–water partition coefficient (Wildman–Crippen LogP) is 1.08. The number of nitrogens with zero attached hydrogens (tertiary/aromatic N) is 2. The van der Waals surface area contributed by atoms with Gasteiger partial charge >= 0.3 is 12.1 Å². The van der Waals surface area contributed by atoms with Gasteiger partial charge in [0, 0.05) is 62.7 Å². The maximum atomic E-state index is 12.5. The van der Waals surface area contributed by atoms with Crippen LogP contribution in [0.3, 0.4) is 0 Å². The summed E-state index contributed by atoms with van der Waals surface area (Å²) in [5, 5.41) is 8.69. The van der Waals surface area contributed by atoms with Crippen LogP contribution >= 0.6 is 0 Å². The van der Waals surface area contributed by atoms with E-state index in [-0.39, 0.29) is 18.1 Å². The van der Waals surface area contributed by atoms with Gasteiger partial charge in [-0.15, -0.1) is 0 Å². The van der Waals surface area contributed by atoms with Gasteiger partial charge in [-0.05, 0) is 24.6 Å². The van der Waals surface area contributed by atoms with E-state index in [0.717, 1.165) is 51.6 Å². The molecule has 9 heteroatoms. The van der Waals surface area contributed by atoms with Crippen molar-refractivity contribution >= 4 is 23.4 Å². The molecule has 2 atom stereocenters. The molecule has 3 aliphatic heterocycles. The molecule has 0 aliphatic carbocycles. The third kappa shape index (κ3) is 4.98. The smallest absolute Gasteiger partial charge is 0.321 e. The molecule has 0 saturated carbocycles. The Balaban J connectivity index is 1.34. The molecular weight excluding hydrogens is 374 g/mol. The topological polar surface area (TPSA) is 95.2 Å². The molecule has 9 nitrogen and oxygen atoms in total. The zero-order valence-corrected chi connectivity index (χ0v) is 16.6. The molecule has 1 aromatic carbocycles. The van der Waals surface area contributed by atoms with E-state index >= 15 is 0 Å². The van der Waals surface area contributed by atoms with Crippen molar-refractivity contribution in [3.8, 4) is 0 Å². The van der Waals surface area contributed by atoms with Crippen LogP contribution in [-0.4, -0.2) is 82.2 Å². The number of morpholine rings is 1. The van der Waals surface area contributed by atoms with E-state index in [1.807, 2.05) is 24.3 Å². The third-order valence-corrected chi connectivity index (χ3v) is 5.77. The van der Waals surface area contributed by atoms with E-state index in [1.165, 1.54) is 0 Å². The minimum Gasteiger partial charge on any atom is -0.381 e. The minimum atomic E-state index is -0.245. The van der Waals surface area contributed by atoms with Crippen LogP contribution in [0.2, 0.25) is 0 Å². The van der Waals surface area contributed by atoms with Crippen LogP contribution in [0.1, 0.15) is 6.42 Å². The van der Waals surface area contributed by atoms with Gasteiger partial charge in [-0.25, -0.2) is 9.59 Å². The molecule has 4 rings (SSSR count). The zero-order valence-electron chi connectivity index (χ0n) is 16.6. The first-order valence-electron chi connectivity index (χ1n) is 10.3. The molecule has 0 unspecified atom stereocenters. The van der Waals surface area contributed by atoms with Crippen molar-refractivity contribution < 1.29 is 19.1 Å². The number of ether oxygens (including phenoxy) is 2. The Bertz CT molecular complexity index is 719. The number of amides is 4. The average Bonchev–Trinajstić information content (AvgIpc) is 3.41. The maximum absolute atomic E-state index is 12.5. The summed E-state index contributed by atoms with van der Waals surface area (Å²) in [5.41, 5.74) is 1.43. The highest BCUT2D eigenvalue weighted by atomic mass is 16.5. The number of carbonyl (C=O) groups is 2. The van der Waals surface area contributed by atoms with Gasteiger partial charge in [0.1, 0.15) is 0 Å². The number of carbonyl (C=O) groups excluding carboxylic acids is 2. The van der Waals surface area contributed by atoms with Crippen molar-refractivity contribution in [1.82, 2.24) is 15.5 Å². The Morgan fingerprint density at radius 2 is 2.07 bits per heavy atom. The minimum absolute atomic E-state index is 0.112. The molecule has 1 aromatic rings. The SMILES string of the molecule is O=C(NC[C@H]([C@@H]1CCOC1)N1CCOCC1)Nc1cccc(N2CCNC2=O)c1. The summed E-state index contributed by atoms with van der Waals surface area (Å²) < 4.78 is 11.1. The quantitative estimate of drug-likeness (QED) is 0.661. The number of anilines is 2. The second kappa shape index (κ2) is 9.43. The Hall–Kier alpha value is -2.36. The van der Waals surface area contributed by atoms with Gasteiger partial charge in [-0.3, -0.25) is 9.80 Å². The molecule has 0 aromatic heterocycles. The maximum Gasteiger partial charge on any atom is 0.321 e. The summed E-state index contributed by atoms with van der Waals surface area (Å²) in [6.07, 6.45) is 1.02. The number of rotatable bonds is 6. The molecule has 0 bridgehead atoms. The van der Waals surface area contributed by atoms with Gasteiger partial charge in [0.15, 0.2) is 0 Å². The summed E-state index contributed by atoms with van der Waals surface area (Å²) >= 11 is 0. The van der Waals surface area contributed by atoms with E-state index in [1.54, 1.807) is 4.90 Å². The van der Waals surface area contributed by atoms with Gasteiger partial charge in [0.2, 0.25) is 0 Å². The highest BCUT2D eigenvalue weighted by Gasteiger charge is 2.31. The van der Waals surface area contributed by atoms with Crippen LogP contribution in [-0.2, 0) is 9.47 Å². The van der Waals surface area contributed by atoms with Crippen molar-refractivity contribution in [2.45, 2.75) is 12.5 Å². The predicted molar refractivity (Wildman–Crippen MR) is 109 cm³/mol. The number of benzene rings is 1. The van der Waals surface area contributed by atoms with Crippen LogP contribution in [0.5, 0.6) is 0 Å². The van der Waals surface area contributed by atoms with Crippen LogP contribution in [0.25, 0.3) is 0 Å². The first-order valence-corrected chi connectivity index (χ1v) is 10.3. The normalized spacial score (nSPS) is 23.7. The van der Waals surface area contributed by atoms with Gasteiger partial charge in [0.05, 0.1) is 19.8 Å². The Morgan fingerprint density at radius 1 is 1.21 bits per heavy atom. The second-order valence-corrected chi connectivity index (χ2v) is 7.61. The summed E-state index contributed by atoms with van der Waals surface area (Å²) in [4.78, 5) is 28.4. The largest absolute Gasteiger partial charge is 0.381 e. The highest BCUT2D eigenvalue weighted by molar-refractivity contribution is 5.95. The fraction of sp³-hybridized carbons (Fsp3) is 0.600. The molecule has 4 amide bonds. The lowest BCUT2D eigenvalue weighted by Gasteiger charge is -2.37. The van der Waals surface area contributed by atoms with E-state index in [9.17, 15) is 9.59 Å².